The zero-order chi connectivity index (χ0) is 36.5. The van der Waals surface area contributed by atoms with Crippen molar-refractivity contribution in [3.05, 3.63) is 180 Å². The van der Waals surface area contributed by atoms with E-state index < -0.39 is 0 Å². The maximum atomic E-state index is 4.68. The van der Waals surface area contributed by atoms with Gasteiger partial charge in [-0.05, 0) is 124 Å². The Hall–Kier alpha value is -6.52. The smallest absolute Gasteiger partial charge is 0.0633 e. The van der Waals surface area contributed by atoms with Crippen LogP contribution in [0.15, 0.2) is 158 Å². The van der Waals surface area contributed by atoms with Crippen LogP contribution in [0, 0.1) is 20.8 Å². The fourth-order valence-electron chi connectivity index (χ4n) is 8.56. The predicted octanol–water partition coefficient (Wildman–Crippen LogP) is 12.8. The number of pyridine rings is 2. The molecule has 4 nitrogen and oxygen atoms in total. The molecule has 0 fully saturated rings. The standard InChI is InChI=1S/C50H40N4/c1-31-5-17-47-43(21-31)44-22-32(2)6-18-48(44)53(47)41-13-9-35(10-14-41)37-25-39(29-51-27-37)40-26-38(28-52-30-40)36-11-15-42(16-12-36)54-49-19-7-33(3)23-45(49)46-24-34(4)8-20-50(46)54/h5-19,21-30,50H,20H2,1-4H3. The summed E-state index contributed by atoms with van der Waals surface area (Å²) in [5.74, 6) is 0. The third kappa shape index (κ3) is 5.37. The Kier molecular flexibility index (Phi) is 7.48. The van der Waals surface area contributed by atoms with Gasteiger partial charge in [-0.2, -0.15) is 0 Å². The minimum atomic E-state index is 0.319. The van der Waals surface area contributed by atoms with E-state index in [1.807, 2.05) is 24.8 Å². The van der Waals surface area contributed by atoms with Gasteiger partial charge in [-0.1, -0.05) is 76.9 Å². The number of benzene rings is 5. The Morgan fingerprint density at radius 1 is 0.500 bits per heavy atom. The van der Waals surface area contributed by atoms with Crippen molar-refractivity contribution in [1.29, 1.82) is 0 Å². The summed E-state index contributed by atoms with van der Waals surface area (Å²) in [6.45, 7) is 8.71. The van der Waals surface area contributed by atoms with Gasteiger partial charge in [-0.15, -0.1) is 0 Å². The fourth-order valence-corrected chi connectivity index (χ4v) is 8.56. The number of nitrogens with zero attached hydrogens (tertiary/aromatic N) is 4. The molecule has 0 saturated heterocycles. The molecule has 5 aromatic carbocycles. The van der Waals surface area contributed by atoms with Crippen molar-refractivity contribution < 1.29 is 0 Å². The number of hydrogen-bond acceptors (Lipinski definition) is 3. The van der Waals surface area contributed by atoms with Crippen molar-refractivity contribution >= 4 is 38.8 Å². The minimum Gasteiger partial charge on any atom is -0.333 e. The number of anilines is 2. The minimum absolute atomic E-state index is 0.319. The van der Waals surface area contributed by atoms with Crippen LogP contribution in [0.5, 0.6) is 0 Å². The lowest BCUT2D eigenvalue weighted by molar-refractivity contribution is 0.823. The highest BCUT2D eigenvalue weighted by molar-refractivity contribution is 6.09. The summed E-state index contributed by atoms with van der Waals surface area (Å²) >= 11 is 0. The summed E-state index contributed by atoms with van der Waals surface area (Å²) < 4.78 is 2.37. The highest BCUT2D eigenvalue weighted by Crippen LogP contribution is 2.48. The van der Waals surface area contributed by atoms with Crippen molar-refractivity contribution in [2.75, 3.05) is 4.90 Å². The molecule has 0 bridgehead atoms. The van der Waals surface area contributed by atoms with E-state index in [4.69, 9.17) is 0 Å². The number of allylic oxidation sites excluding steroid dienone is 2. The lowest BCUT2D eigenvalue weighted by atomic mass is 9.92. The van der Waals surface area contributed by atoms with Crippen LogP contribution in [0.3, 0.4) is 0 Å². The first kappa shape index (κ1) is 32.2. The maximum Gasteiger partial charge on any atom is 0.0633 e. The number of aryl methyl sites for hydroxylation is 3. The summed E-state index contributed by atoms with van der Waals surface area (Å²) in [7, 11) is 0. The van der Waals surface area contributed by atoms with Gasteiger partial charge in [0.2, 0.25) is 0 Å². The van der Waals surface area contributed by atoms with Gasteiger partial charge in [0.15, 0.2) is 0 Å². The molecule has 0 radical (unpaired) electrons. The van der Waals surface area contributed by atoms with Crippen LogP contribution in [-0.2, 0) is 0 Å². The van der Waals surface area contributed by atoms with E-state index in [-0.39, 0.29) is 0 Å². The zero-order valence-electron chi connectivity index (χ0n) is 31.0. The molecule has 0 amide bonds. The van der Waals surface area contributed by atoms with Crippen molar-refractivity contribution in [3.8, 4) is 39.1 Å². The van der Waals surface area contributed by atoms with Gasteiger partial charge >= 0.3 is 0 Å². The Balaban J connectivity index is 0.935. The lowest BCUT2D eigenvalue weighted by Gasteiger charge is -2.29. The third-order valence-corrected chi connectivity index (χ3v) is 11.3. The van der Waals surface area contributed by atoms with Gasteiger partial charge in [-0.25, -0.2) is 0 Å². The Morgan fingerprint density at radius 3 is 1.57 bits per heavy atom. The number of fused-ring (bicyclic) bond motifs is 6. The molecule has 1 atom stereocenters. The van der Waals surface area contributed by atoms with E-state index in [2.05, 4.69) is 175 Å². The van der Waals surface area contributed by atoms with Gasteiger partial charge < -0.3 is 9.47 Å². The van der Waals surface area contributed by atoms with E-state index in [1.54, 1.807) is 0 Å². The van der Waals surface area contributed by atoms with E-state index in [0.717, 1.165) is 45.5 Å². The van der Waals surface area contributed by atoms with Crippen molar-refractivity contribution in [2.45, 2.75) is 40.2 Å². The molecule has 54 heavy (non-hydrogen) atoms. The molecule has 2 aliphatic rings. The summed E-state index contributed by atoms with van der Waals surface area (Å²) in [6.07, 6.45) is 13.5. The second kappa shape index (κ2) is 12.6. The van der Waals surface area contributed by atoms with Crippen molar-refractivity contribution in [3.63, 3.8) is 0 Å². The SMILES string of the molecule is CC1=CCC2C(=C1)c1cc(C)ccc1N2c1ccc(-c2cncc(-c3cncc(-c4ccc(-n5c6ccc(C)cc6c6cc(C)ccc65)cc4)c3)c2)cc1. The molecule has 4 heteroatoms. The maximum absolute atomic E-state index is 4.68. The molecule has 4 heterocycles. The van der Waals surface area contributed by atoms with Gasteiger partial charge in [0, 0.05) is 80.4 Å². The normalized spacial score (nSPS) is 15.0. The van der Waals surface area contributed by atoms with Crippen LogP contribution >= 0.6 is 0 Å². The van der Waals surface area contributed by atoms with Gasteiger partial charge in [0.25, 0.3) is 0 Å². The number of rotatable bonds is 5. The van der Waals surface area contributed by atoms with Crippen LogP contribution in [0.2, 0.25) is 0 Å². The lowest BCUT2D eigenvalue weighted by Crippen LogP contribution is -2.27. The molecule has 1 aliphatic heterocycles. The molecule has 0 spiro atoms. The summed E-state index contributed by atoms with van der Waals surface area (Å²) in [5, 5.41) is 2.58. The van der Waals surface area contributed by atoms with Gasteiger partial charge in [-0.3, -0.25) is 9.97 Å². The molecule has 260 valence electrons. The molecule has 3 aromatic heterocycles. The van der Waals surface area contributed by atoms with Crippen LogP contribution in [0.4, 0.5) is 11.4 Å². The fraction of sp³-hybridized carbons (Fsp3) is 0.120. The second-order valence-corrected chi connectivity index (χ2v) is 15.1. The van der Waals surface area contributed by atoms with Crippen molar-refractivity contribution in [2.24, 2.45) is 0 Å². The quantitative estimate of drug-likeness (QED) is 0.180. The molecule has 0 N–H and O–H groups in total. The number of aromatic nitrogens is 3. The molecule has 1 unspecified atom stereocenters. The topological polar surface area (TPSA) is 34.0 Å². The largest absolute Gasteiger partial charge is 0.333 e. The Bertz CT molecular complexity index is 2780. The van der Waals surface area contributed by atoms with E-state index in [0.29, 0.717) is 6.04 Å². The van der Waals surface area contributed by atoms with Crippen LogP contribution < -0.4 is 4.90 Å². The molecular weight excluding hydrogens is 657 g/mol. The van der Waals surface area contributed by atoms with Gasteiger partial charge in [0.1, 0.15) is 0 Å². The van der Waals surface area contributed by atoms with Crippen LogP contribution in [0.25, 0.3) is 66.4 Å². The first-order chi connectivity index (χ1) is 26.4. The Morgan fingerprint density at radius 2 is 1.00 bits per heavy atom. The summed E-state index contributed by atoms with van der Waals surface area (Å²) in [4.78, 5) is 11.9. The Labute approximate surface area is 316 Å². The van der Waals surface area contributed by atoms with Gasteiger partial charge in [0.05, 0.1) is 17.1 Å². The summed E-state index contributed by atoms with van der Waals surface area (Å²) in [5.41, 5.74) is 20.6. The predicted molar refractivity (Wildman–Crippen MR) is 226 cm³/mol. The van der Waals surface area contributed by atoms with E-state index in [9.17, 15) is 0 Å². The van der Waals surface area contributed by atoms with E-state index in [1.165, 1.54) is 66.6 Å². The zero-order valence-corrected chi connectivity index (χ0v) is 31.0. The van der Waals surface area contributed by atoms with E-state index >= 15 is 0 Å². The molecule has 1 aliphatic carbocycles. The number of hydrogen-bond donors (Lipinski definition) is 0. The highest BCUT2D eigenvalue weighted by atomic mass is 15.2. The highest BCUT2D eigenvalue weighted by Gasteiger charge is 2.35. The molecule has 0 saturated carbocycles. The first-order valence-electron chi connectivity index (χ1n) is 18.8. The molecular formula is C50H40N4. The average molecular weight is 697 g/mol. The van der Waals surface area contributed by atoms with Crippen molar-refractivity contribution in [1.82, 2.24) is 14.5 Å². The summed E-state index contributed by atoms with van der Waals surface area (Å²) in [6, 6.07) is 42.9. The monoisotopic (exact) mass is 696 g/mol. The first-order valence-corrected chi connectivity index (χ1v) is 18.8. The second-order valence-electron chi connectivity index (χ2n) is 15.1. The molecule has 10 rings (SSSR count). The van der Waals surface area contributed by atoms with Crippen LogP contribution in [-0.4, -0.2) is 20.6 Å². The third-order valence-electron chi connectivity index (χ3n) is 11.3. The van der Waals surface area contributed by atoms with Crippen LogP contribution in [0.1, 0.15) is 35.6 Å². The average Bonchev–Trinajstić information content (AvgIpc) is 3.69. The molecule has 8 aromatic rings.